The molecule has 156 valence electrons. The van der Waals surface area contributed by atoms with Gasteiger partial charge in [-0.1, -0.05) is 78.9 Å². The van der Waals surface area contributed by atoms with Crippen molar-refractivity contribution < 1.29 is 17.9 Å². The highest BCUT2D eigenvalue weighted by atomic mass is 32.2. The predicted molar refractivity (Wildman–Crippen MR) is 116 cm³/mol. The van der Waals surface area contributed by atoms with Gasteiger partial charge in [-0.15, -0.1) is 0 Å². The molecule has 3 N–H and O–H groups in total. The van der Waals surface area contributed by atoms with Crippen LogP contribution in [-0.2, 0) is 20.5 Å². The Kier molecular flexibility index (Phi) is 6.99. The van der Waals surface area contributed by atoms with Crippen LogP contribution >= 0.6 is 0 Å². The fourth-order valence-corrected chi connectivity index (χ4v) is 4.69. The zero-order valence-electron chi connectivity index (χ0n) is 16.6. The van der Waals surface area contributed by atoms with Gasteiger partial charge in [0.05, 0.1) is 30.5 Å². The number of methoxy groups -OCH3 is 1. The number of carbonyl (C=O) groups is 1. The molecule has 2 unspecified atom stereocenters. The second kappa shape index (κ2) is 9.67. The Morgan fingerprint density at radius 3 is 2.03 bits per heavy atom. The zero-order valence-corrected chi connectivity index (χ0v) is 17.4. The molecule has 0 amide bonds. The van der Waals surface area contributed by atoms with Crippen LogP contribution in [0.1, 0.15) is 39.1 Å². The second-order valence-electron chi connectivity index (χ2n) is 6.85. The van der Waals surface area contributed by atoms with E-state index in [4.69, 9.17) is 10.5 Å². The van der Waals surface area contributed by atoms with Gasteiger partial charge in [-0.25, -0.2) is 17.9 Å². The summed E-state index contributed by atoms with van der Waals surface area (Å²) in [4.78, 5) is 12.0. The van der Waals surface area contributed by atoms with E-state index in [1.807, 2.05) is 60.7 Å². The molecule has 0 saturated heterocycles. The highest BCUT2D eigenvalue weighted by molar-refractivity contribution is 7.88. The molecule has 2 atom stereocenters. The number of hydrogen-bond donors (Lipinski definition) is 2. The van der Waals surface area contributed by atoms with Gasteiger partial charge in [0.15, 0.2) is 0 Å². The average Bonchev–Trinajstić information content (AvgIpc) is 2.78. The summed E-state index contributed by atoms with van der Waals surface area (Å²) in [6.07, 6.45) is 0. The number of rotatable bonds is 8. The third kappa shape index (κ3) is 5.33. The van der Waals surface area contributed by atoms with Crippen molar-refractivity contribution in [2.45, 2.75) is 17.8 Å². The van der Waals surface area contributed by atoms with Gasteiger partial charge in [-0.05, 0) is 22.8 Å². The fourth-order valence-electron chi connectivity index (χ4n) is 3.27. The minimum atomic E-state index is -3.84. The van der Waals surface area contributed by atoms with Gasteiger partial charge >= 0.3 is 5.97 Å². The molecule has 0 aliphatic heterocycles. The minimum absolute atomic E-state index is 0.217. The smallest absolute Gasteiger partial charge is 0.338 e. The van der Waals surface area contributed by atoms with Crippen LogP contribution in [0.15, 0.2) is 84.9 Å². The lowest BCUT2D eigenvalue weighted by molar-refractivity contribution is 0.0600. The quantitative estimate of drug-likeness (QED) is 0.541. The first-order valence-electron chi connectivity index (χ1n) is 9.43. The normalized spacial score (nSPS) is 13.4. The number of nitrogens with one attached hydrogen (secondary N) is 1. The number of benzene rings is 3. The van der Waals surface area contributed by atoms with E-state index in [-0.39, 0.29) is 11.3 Å². The highest BCUT2D eigenvalue weighted by Crippen LogP contribution is 2.28. The molecular formula is C23H24N2O4S. The van der Waals surface area contributed by atoms with Crippen molar-refractivity contribution in [3.63, 3.8) is 0 Å². The minimum Gasteiger partial charge on any atom is -0.465 e. The van der Waals surface area contributed by atoms with E-state index in [1.54, 1.807) is 24.3 Å². The molecule has 30 heavy (non-hydrogen) atoms. The van der Waals surface area contributed by atoms with Crippen molar-refractivity contribution in [3.8, 4) is 0 Å². The first-order chi connectivity index (χ1) is 14.4. The topological polar surface area (TPSA) is 98.5 Å². The standard InChI is InChI=1S/C23H24N2O4S/c1-29-23(26)20-15-9-8-14-19(20)16-30(27,28)25-22(18-12-6-3-7-13-18)21(24)17-10-4-2-5-11-17/h2-15,21-22,25H,16,24H2,1H3. The van der Waals surface area contributed by atoms with Crippen LogP contribution < -0.4 is 10.5 Å². The number of carbonyl (C=O) groups excluding carboxylic acids is 1. The molecule has 3 aromatic carbocycles. The molecule has 3 rings (SSSR count). The van der Waals surface area contributed by atoms with Crippen molar-refractivity contribution in [1.29, 1.82) is 0 Å². The molecule has 0 spiro atoms. The highest BCUT2D eigenvalue weighted by Gasteiger charge is 2.27. The Morgan fingerprint density at radius 2 is 1.43 bits per heavy atom. The second-order valence-corrected chi connectivity index (χ2v) is 8.60. The van der Waals surface area contributed by atoms with Crippen LogP contribution in [0.3, 0.4) is 0 Å². The van der Waals surface area contributed by atoms with Crippen LogP contribution in [0.5, 0.6) is 0 Å². The van der Waals surface area contributed by atoms with E-state index in [0.29, 0.717) is 5.56 Å². The maximum Gasteiger partial charge on any atom is 0.338 e. The van der Waals surface area contributed by atoms with E-state index >= 15 is 0 Å². The van der Waals surface area contributed by atoms with Crippen molar-refractivity contribution in [2.24, 2.45) is 5.73 Å². The van der Waals surface area contributed by atoms with Gasteiger partial charge in [0.2, 0.25) is 10.0 Å². The number of esters is 1. The molecule has 0 bridgehead atoms. The monoisotopic (exact) mass is 424 g/mol. The summed E-state index contributed by atoms with van der Waals surface area (Å²) in [7, 11) is -2.58. The summed E-state index contributed by atoms with van der Waals surface area (Å²) < 4.78 is 33.6. The van der Waals surface area contributed by atoms with E-state index in [9.17, 15) is 13.2 Å². The molecule has 0 radical (unpaired) electrons. The Hall–Kier alpha value is -3.00. The molecule has 3 aromatic rings. The van der Waals surface area contributed by atoms with Crippen molar-refractivity contribution in [3.05, 3.63) is 107 Å². The fraction of sp³-hybridized carbons (Fsp3) is 0.174. The van der Waals surface area contributed by atoms with Gasteiger partial charge in [0.25, 0.3) is 0 Å². The number of hydrogen-bond acceptors (Lipinski definition) is 5. The summed E-state index contributed by atoms with van der Waals surface area (Å²) in [5, 5.41) is 0. The van der Waals surface area contributed by atoms with Gasteiger partial charge in [-0.2, -0.15) is 0 Å². The molecular weight excluding hydrogens is 400 g/mol. The number of nitrogens with two attached hydrogens (primary N) is 1. The lowest BCUT2D eigenvalue weighted by Gasteiger charge is -2.26. The summed E-state index contributed by atoms with van der Waals surface area (Å²) in [6.45, 7) is 0. The first kappa shape index (κ1) is 21.7. The van der Waals surface area contributed by atoms with Crippen LogP contribution in [0.2, 0.25) is 0 Å². The molecule has 0 aliphatic carbocycles. The molecule has 6 nitrogen and oxygen atoms in total. The Morgan fingerprint density at radius 1 is 0.900 bits per heavy atom. The van der Waals surface area contributed by atoms with Crippen LogP contribution in [0.4, 0.5) is 0 Å². The van der Waals surface area contributed by atoms with Gasteiger partial charge in [0, 0.05) is 0 Å². The molecule has 0 heterocycles. The Bertz CT molecular complexity index is 1090. The van der Waals surface area contributed by atoms with Gasteiger partial charge in [0.1, 0.15) is 0 Å². The van der Waals surface area contributed by atoms with Crippen molar-refractivity contribution in [2.75, 3.05) is 7.11 Å². The lowest BCUT2D eigenvalue weighted by Crippen LogP contribution is -2.36. The van der Waals surface area contributed by atoms with E-state index in [2.05, 4.69) is 4.72 Å². The Labute approximate surface area is 176 Å². The number of ether oxygens (including phenoxy) is 1. The summed E-state index contributed by atoms with van der Waals surface area (Å²) in [6, 6.07) is 23.7. The maximum absolute atomic E-state index is 13.1. The Balaban J connectivity index is 1.92. The van der Waals surface area contributed by atoms with Crippen LogP contribution in [-0.4, -0.2) is 21.5 Å². The third-order valence-electron chi connectivity index (χ3n) is 4.78. The van der Waals surface area contributed by atoms with E-state index in [1.165, 1.54) is 7.11 Å². The molecule has 0 aliphatic rings. The van der Waals surface area contributed by atoms with Gasteiger partial charge in [-0.3, -0.25) is 0 Å². The zero-order chi connectivity index (χ0) is 21.6. The number of sulfonamides is 1. The van der Waals surface area contributed by atoms with Crippen LogP contribution in [0, 0.1) is 0 Å². The lowest BCUT2D eigenvalue weighted by atomic mass is 9.95. The van der Waals surface area contributed by atoms with Gasteiger partial charge < -0.3 is 10.5 Å². The maximum atomic E-state index is 13.1. The molecule has 0 aromatic heterocycles. The average molecular weight is 425 g/mol. The molecule has 0 fully saturated rings. The predicted octanol–water partition coefficient (Wildman–Crippen LogP) is 3.33. The van der Waals surface area contributed by atoms with E-state index in [0.717, 1.165) is 11.1 Å². The molecule has 7 heteroatoms. The van der Waals surface area contributed by atoms with Crippen LogP contribution in [0.25, 0.3) is 0 Å². The summed E-state index contributed by atoms with van der Waals surface area (Å²) in [5.41, 5.74) is 8.60. The SMILES string of the molecule is COC(=O)c1ccccc1CS(=O)(=O)NC(c1ccccc1)C(N)c1ccccc1. The summed E-state index contributed by atoms with van der Waals surface area (Å²) >= 11 is 0. The first-order valence-corrected chi connectivity index (χ1v) is 11.1. The van der Waals surface area contributed by atoms with Crippen molar-refractivity contribution in [1.82, 2.24) is 4.72 Å². The van der Waals surface area contributed by atoms with Crippen molar-refractivity contribution >= 4 is 16.0 Å². The third-order valence-corrected chi connectivity index (χ3v) is 6.08. The largest absolute Gasteiger partial charge is 0.465 e. The van der Waals surface area contributed by atoms with E-state index < -0.39 is 28.1 Å². The summed E-state index contributed by atoms with van der Waals surface area (Å²) in [5.74, 6) is -0.954. The molecule has 0 saturated carbocycles.